The summed E-state index contributed by atoms with van der Waals surface area (Å²) in [6, 6.07) is 7.09. The van der Waals surface area contributed by atoms with Gasteiger partial charge in [-0.05, 0) is 18.6 Å². The van der Waals surface area contributed by atoms with Gasteiger partial charge in [-0.25, -0.2) is 4.98 Å². The standard InChI is InChI=1S/C17H21N3O4/c1-20(11-5-8-16(22)24-2)15(21)10-9-14-18-13-7-4-3-6-12(13)17(23)19-14/h3-4,6-7H,5,8-11H2,1-2H3,(H,18,19,23). The molecule has 0 bridgehead atoms. The normalized spacial score (nSPS) is 10.6. The number of para-hydroxylation sites is 1. The SMILES string of the molecule is COC(=O)CCCN(C)C(=O)CCc1nc2ccccc2c(=O)[nH]1. The predicted octanol–water partition coefficient (Wildman–Crippen LogP) is 1.27. The number of H-pyrrole nitrogens is 1. The molecule has 0 unspecified atom stereocenters. The van der Waals surface area contributed by atoms with Gasteiger partial charge in [0, 0.05) is 32.9 Å². The van der Waals surface area contributed by atoms with Crippen LogP contribution in [0.25, 0.3) is 10.9 Å². The Balaban J connectivity index is 1.89. The summed E-state index contributed by atoms with van der Waals surface area (Å²) in [4.78, 5) is 43.8. The van der Waals surface area contributed by atoms with Crippen LogP contribution < -0.4 is 5.56 Å². The molecule has 0 radical (unpaired) electrons. The number of methoxy groups -OCH3 is 1. The Hall–Kier alpha value is -2.70. The highest BCUT2D eigenvalue weighted by Gasteiger charge is 2.11. The van der Waals surface area contributed by atoms with Crippen LogP contribution in [0.15, 0.2) is 29.1 Å². The van der Waals surface area contributed by atoms with Crippen LogP contribution in [0.3, 0.4) is 0 Å². The third-order valence-corrected chi connectivity index (χ3v) is 3.77. The van der Waals surface area contributed by atoms with Gasteiger partial charge in [-0.1, -0.05) is 12.1 Å². The van der Waals surface area contributed by atoms with Gasteiger partial charge >= 0.3 is 5.97 Å². The van der Waals surface area contributed by atoms with Crippen LogP contribution in [0, 0.1) is 0 Å². The lowest BCUT2D eigenvalue weighted by Crippen LogP contribution is -2.28. The van der Waals surface area contributed by atoms with Crippen molar-refractivity contribution in [3.8, 4) is 0 Å². The summed E-state index contributed by atoms with van der Waals surface area (Å²) in [5.74, 6) is 0.152. The highest BCUT2D eigenvalue weighted by Crippen LogP contribution is 2.07. The Morgan fingerprint density at radius 2 is 2.00 bits per heavy atom. The zero-order valence-electron chi connectivity index (χ0n) is 13.9. The predicted molar refractivity (Wildman–Crippen MR) is 89.6 cm³/mol. The number of fused-ring (bicyclic) bond motifs is 1. The smallest absolute Gasteiger partial charge is 0.305 e. The summed E-state index contributed by atoms with van der Waals surface area (Å²) >= 11 is 0. The van der Waals surface area contributed by atoms with Crippen molar-refractivity contribution in [3.63, 3.8) is 0 Å². The van der Waals surface area contributed by atoms with E-state index >= 15 is 0 Å². The molecule has 0 aliphatic heterocycles. The molecule has 1 aromatic heterocycles. The molecule has 1 heterocycles. The molecule has 1 N–H and O–H groups in total. The number of aromatic amines is 1. The minimum atomic E-state index is -0.284. The fraction of sp³-hybridized carbons (Fsp3) is 0.412. The second-order valence-corrected chi connectivity index (χ2v) is 5.52. The lowest BCUT2D eigenvalue weighted by molar-refractivity contribution is -0.141. The van der Waals surface area contributed by atoms with Crippen LogP contribution in [0.4, 0.5) is 0 Å². The van der Waals surface area contributed by atoms with E-state index in [0.717, 1.165) is 0 Å². The molecule has 7 nitrogen and oxygen atoms in total. The zero-order valence-corrected chi connectivity index (χ0v) is 13.9. The molecule has 0 aliphatic rings. The van der Waals surface area contributed by atoms with E-state index in [4.69, 9.17) is 0 Å². The molecule has 7 heteroatoms. The molecule has 24 heavy (non-hydrogen) atoms. The largest absolute Gasteiger partial charge is 0.469 e. The maximum Gasteiger partial charge on any atom is 0.305 e. The first-order valence-electron chi connectivity index (χ1n) is 7.80. The molecule has 0 spiro atoms. The van der Waals surface area contributed by atoms with Gasteiger partial charge in [-0.15, -0.1) is 0 Å². The van der Waals surface area contributed by atoms with Crippen LogP contribution in [0.1, 0.15) is 25.1 Å². The number of amides is 1. The number of carbonyl (C=O) groups excluding carboxylic acids is 2. The van der Waals surface area contributed by atoms with E-state index in [1.54, 1.807) is 30.1 Å². The molecule has 1 amide bonds. The number of esters is 1. The van der Waals surface area contributed by atoms with Gasteiger partial charge in [-0.2, -0.15) is 0 Å². The molecule has 0 saturated heterocycles. The Morgan fingerprint density at radius 1 is 1.25 bits per heavy atom. The number of nitrogens with zero attached hydrogens (tertiary/aromatic N) is 2. The van der Waals surface area contributed by atoms with Crippen LogP contribution in [0.2, 0.25) is 0 Å². The van der Waals surface area contributed by atoms with Crippen molar-refractivity contribution in [1.82, 2.24) is 14.9 Å². The number of nitrogens with one attached hydrogen (secondary N) is 1. The van der Waals surface area contributed by atoms with Gasteiger partial charge in [0.15, 0.2) is 0 Å². The average Bonchev–Trinajstić information content (AvgIpc) is 2.59. The van der Waals surface area contributed by atoms with E-state index in [9.17, 15) is 14.4 Å². The van der Waals surface area contributed by atoms with Gasteiger partial charge in [0.1, 0.15) is 5.82 Å². The number of carbonyl (C=O) groups is 2. The van der Waals surface area contributed by atoms with E-state index < -0.39 is 0 Å². The molecular formula is C17H21N3O4. The van der Waals surface area contributed by atoms with Gasteiger partial charge in [-0.3, -0.25) is 14.4 Å². The fourth-order valence-electron chi connectivity index (χ4n) is 2.36. The van der Waals surface area contributed by atoms with Gasteiger partial charge in [0.25, 0.3) is 5.56 Å². The molecule has 1 aromatic carbocycles. The lowest BCUT2D eigenvalue weighted by Gasteiger charge is -2.16. The Kier molecular flexibility index (Phi) is 6.06. The van der Waals surface area contributed by atoms with Crippen molar-refractivity contribution < 1.29 is 14.3 Å². The first kappa shape index (κ1) is 17.7. The van der Waals surface area contributed by atoms with E-state index in [1.165, 1.54) is 7.11 Å². The molecule has 2 rings (SSSR count). The Bertz CT molecular complexity index is 785. The van der Waals surface area contributed by atoms with Crippen LogP contribution in [-0.4, -0.2) is 47.4 Å². The summed E-state index contributed by atoms with van der Waals surface area (Å²) in [6.07, 6.45) is 1.45. The van der Waals surface area contributed by atoms with Gasteiger partial charge in [0.05, 0.1) is 18.0 Å². The second-order valence-electron chi connectivity index (χ2n) is 5.52. The average molecular weight is 331 g/mol. The number of rotatable bonds is 7. The lowest BCUT2D eigenvalue weighted by atomic mass is 10.2. The number of aryl methyl sites for hydroxylation is 1. The second kappa shape index (κ2) is 8.24. The third kappa shape index (κ3) is 4.65. The number of aromatic nitrogens is 2. The minimum Gasteiger partial charge on any atom is -0.469 e. The van der Waals surface area contributed by atoms with Crippen LogP contribution >= 0.6 is 0 Å². The zero-order chi connectivity index (χ0) is 17.5. The fourth-order valence-corrected chi connectivity index (χ4v) is 2.36. The first-order valence-corrected chi connectivity index (χ1v) is 7.80. The van der Waals surface area contributed by atoms with Crippen molar-refractivity contribution in [2.75, 3.05) is 20.7 Å². The number of benzene rings is 1. The maximum atomic E-state index is 12.1. The highest BCUT2D eigenvalue weighted by atomic mass is 16.5. The molecule has 2 aromatic rings. The number of ether oxygens (including phenoxy) is 1. The van der Waals surface area contributed by atoms with Gasteiger partial charge < -0.3 is 14.6 Å². The van der Waals surface area contributed by atoms with E-state index in [2.05, 4.69) is 14.7 Å². The summed E-state index contributed by atoms with van der Waals surface area (Å²) < 4.78 is 4.56. The van der Waals surface area contributed by atoms with E-state index in [1.807, 2.05) is 6.07 Å². The van der Waals surface area contributed by atoms with Crippen molar-refractivity contribution in [2.45, 2.75) is 25.7 Å². The topological polar surface area (TPSA) is 92.4 Å². The monoisotopic (exact) mass is 331 g/mol. The summed E-state index contributed by atoms with van der Waals surface area (Å²) in [5, 5.41) is 0.535. The molecule has 0 saturated carbocycles. The first-order chi connectivity index (χ1) is 11.5. The summed E-state index contributed by atoms with van der Waals surface area (Å²) in [7, 11) is 3.03. The maximum absolute atomic E-state index is 12.1. The van der Waals surface area contributed by atoms with Gasteiger partial charge in [0.2, 0.25) is 5.91 Å². The number of hydrogen-bond donors (Lipinski definition) is 1. The molecule has 128 valence electrons. The molecule has 0 atom stereocenters. The molecule has 0 aliphatic carbocycles. The Labute approximate surface area is 139 Å². The number of hydrogen-bond acceptors (Lipinski definition) is 5. The van der Waals surface area contributed by atoms with Crippen molar-refractivity contribution >= 4 is 22.8 Å². The minimum absolute atomic E-state index is 0.0596. The highest BCUT2D eigenvalue weighted by molar-refractivity contribution is 5.78. The summed E-state index contributed by atoms with van der Waals surface area (Å²) in [5.41, 5.74) is 0.421. The summed E-state index contributed by atoms with van der Waals surface area (Å²) in [6.45, 7) is 0.482. The molecule has 0 fully saturated rings. The van der Waals surface area contributed by atoms with Crippen molar-refractivity contribution in [1.29, 1.82) is 0 Å². The van der Waals surface area contributed by atoms with E-state index in [-0.39, 0.29) is 30.3 Å². The quantitative estimate of drug-likeness (QED) is 0.771. The van der Waals surface area contributed by atoms with Crippen LogP contribution in [-0.2, 0) is 20.7 Å². The van der Waals surface area contributed by atoms with Crippen molar-refractivity contribution in [2.24, 2.45) is 0 Å². The molecular weight excluding hydrogens is 310 g/mol. The third-order valence-electron chi connectivity index (χ3n) is 3.77. The Morgan fingerprint density at radius 3 is 2.75 bits per heavy atom. The van der Waals surface area contributed by atoms with Crippen LogP contribution in [0.5, 0.6) is 0 Å². The van der Waals surface area contributed by atoms with Crippen molar-refractivity contribution in [3.05, 3.63) is 40.4 Å². The van der Waals surface area contributed by atoms with E-state index in [0.29, 0.717) is 36.1 Å².